The molecule has 0 spiro atoms. The van der Waals surface area contributed by atoms with Gasteiger partial charge in [0.25, 0.3) is 0 Å². The Morgan fingerprint density at radius 2 is 1.86 bits per heavy atom. The Bertz CT molecular complexity index is 1160. The van der Waals surface area contributed by atoms with Crippen LogP contribution in [0, 0.1) is 0 Å². The van der Waals surface area contributed by atoms with Gasteiger partial charge in [-0.25, -0.2) is 0 Å². The summed E-state index contributed by atoms with van der Waals surface area (Å²) in [5.74, 6) is 0.839. The fourth-order valence-electron chi connectivity index (χ4n) is 4.08. The Morgan fingerprint density at radius 3 is 2.57 bits per heavy atom. The SMILES string of the molecule is COc1ccc(O)c2c(=O)c3c(OC)cc4c(c3oc12)C1CC(OC)OC1O4. The molecule has 1 aromatic heterocycles. The van der Waals surface area contributed by atoms with Crippen LogP contribution in [0.2, 0.25) is 0 Å². The van der Waals surface area contributed by atoms with Crippen LogP contribution >= 0.6 is 0 Å². The van der Waals surface area contributed by atoms with E-state index in [0.717, 1.165) is 5.56 Å². The van der Waals surface area contributed by atoms with Gasteiger partial charge < -0.3 is 33.2 Å². The summed E-state index contributed by atoms with van der Waals surface area (Å²) < 4.78 is 33.9. The van der Waals surface area contributed by atoms with E-state index in [1.54, 1.807) is 19.2 Å². The lowest BCUT2D eigenvalue weighted by Crippen LogP contribution is -2.17. The number of phenolic OH excluding ortho intramolecular Hbond substituents is 1. The fraction of sp³-hybridized carbons (Fsp3) is 0.350. The molecule has 28 heavy (non-hydrogen) atoms. The molecule has 0 saturated carbocycles. The first-order valence-electron chi connectivity index (χ1n) is 8.79. The zero-order valence-electron chi connectivity index (χ0n) is 15.5. The van der Waals surface area contributed by atoms with Crippen molar-refractivity contribution in [1.29, 1.82) is 0 Å². The number of ether oxygens (including phenoxy) is 5. The Kier molecular flexibility index (Phi) is 3.68. The van der Waals surface area contributed by atoms with E-state index in [1.165, 1.54) is 20.3 Å². The largest absolute Gasteiger partial charge is 0.507 e. The standard InChI is InChI=1S/C20H18O8/c1-23-10-5-4-9(21)15-17(22)16-11(24-2)7-12-14(19(16)28-18(10)15)8-6-13(25-3)27-20(8)26-12/h4-5,7-8,13,20-21H,6H2,1-3H3. The van der Waals surface area contributed by atoms with Gasteiger partial charge in [-0.15, -0.1) is 0 Å². The molecule has 2 aliphatic rings. The van der Waals surface area contributed by atoms with Crippen molar-refractivity contribution in [2.45, 2.75) is 24.9 Å². The molecule has 8 nitrogen and oxygen atoms in total. The first kappa shape index (κ1) is 17.2. The number of aromatic hydroxyl groups is 1. The fourth-order valence-corrected chi connectivity index (χ4v) is 4.08. The van der Waals surface area contributed by atoms with Crippen molar-refractivity contribution >= 4 is 21.9 Å². The summed E-state index contributed by atoms with van der Waals surface area (Å²) >= 11 is 0. The van der Waals surface area contributed by atoms with Crippen LogP contribution in [-0.2, 0) is 9.47 Å². The molecule has 1 fully saturated rings. The van der Waals surface area contributed by atoms with Crippen LogP contribution in [0.4, 0.5) is 0 Å². The molecule has 0 bridgehead atoms. The van der Waals surface area contributed by atoms with Gasteiger partial charge >= 0.3 is 0 Å². The van der Waals surface area contributed by atoms with Gasteiger partial charge in [0.1, 0.15) is 33.6 Å². The predicted octanol–water partition coefficient (Wildman–Crippen LogP) is 2.86. The molecular formula is C20H18O8. The van der Waals surface area contributed by atoms with Crippen LogP contribution in [0.5, 0.6) is 23.0 Å². The van der Waals surface area contributed by atoms with E-state index >= 15 is 0 Å². The number of fused-ring (bicyclic) bond motifs is 6. The minimum Gasteiger partial charge on any atom is -0.507 e. The van der Waals surface area contributed by atoms with Crippen LogP contribution in [0.25, 0.3) is 21.9 Å². The maximum absolute atomic E-state index is 13.3. The third-order valence-electron chi connectivity index (χ3n) is 5.38. The summed E-state index contributed by atoms with van der Waals surface area (Å²) in [4.78, 5) is 13.3. The summed E-state index contributed by atoms with van der Waals surface area (Å²) in [7, 11) is 4.50. The summed E-state index contributed by atoms with van der Waals surface area (Å²) in [6.07, 6.45) is -0.359. The maximum Gasteiger partial charge on any atom is 0.209 e. The first-order chi connectivity index (χ1) is 13.6. The summed E-state index contributed by atoms with van der Waals surface area (Å²) in [5.41, 5.74) is 0.826. The molecule has 3 heterocycles. The van der Waals surface area contributed by atoms with Gasteiger partial charge in [-0.1, -0.05) is 0 Å². The molecule has 8 heteroatoms. The van der Waals surface area contributed by atoms with Crippen LogP contribution in [0.15, 0.2) is 27.4 Å². The lowest BCUT2D eigenvalue weighted by atomic mass is 9.95. The lowest BCUT2D eigenvalue weighted by molar-refractivity contribution is -0.162. The molecular weight excluding hydrogens is 368 g/mol. The zero-order valence-corrected chi connectivity index (χ0v) is 15.5. The van der Waals surface area contributed by atoms with Gasteiger partial charge in [-0.2, -0.15) is 0 Å². The first-order valence-corrected chi connectivity index (χ1v) is 8.79. The second-order valence-electron chi connectivity index (χ2n) is 6.75. The Hall–Kier alpha value is -2.97. The molecule has 146 valence electrons. The highest BCUT2D eigenvalue weighted by molar-refractivity contribution is 6.00. The van der Waals surface area contributed by atoms with Crippen LogP contribution < -0.4 is 19.6 Å². The Balaban J connectivity index is 1.90. The maximum atomic E-state index is 13.3. The van der Waals surface area contributed by atoms with E-state index in [4.69, 9.17) is 28.1 Å². The van der Waals surface area contributed by atoms with E-state index in [2.05, 4.69) is 0 Å². The highest BCUT2D eigenvalue weighted by Gasteiger charge is 2.46. The van der Waals surface area contributed by atoms with Crippen molar-refractivity contribution in [1.82, 2.24) is 0 Å². The molecule has 3 aromatic rings. The summed E-state index contributed by atoms with van der Waals surface area (Å²) in [5, 5.41) is 10.6. The van der Waals surface area contributed by atoms with Gasteiger partial charge in [0.05, 0.1) is 20.1 Å². The van der Waals surface area contributed by atoms with Crippen molar-refractivity contribution < 1.29 is 33.2 Å². The predicted molar refractivity (Wildman–Crippen MR) is 98.4 cm³/mol. The number of benzene rings is 2. The van der Waals surface area contributed by atoms with E-state index in [0.29, 0.717) is 29.3 Å². The monoisotopic (exact) mass is 386 g/mol. The van der Waals surface area contributed by atoms with Crippen LogP contribution in [0.1, 0.15) is 17.9 Å². The van der Waals surface area contributed by atoms with E-state index in [1.807, 2.05) is 0 Å². The van der Waals surface area contributed by atoms with E-state index in [-0.39, 0.29) is 28.0 Å². The quantitative estimate of drug-likeness (QED) is 0.687. The highest BCUT2D eigenvalue weighted by atomic mass is 16.8. The van der Waals surface area contributed by atoms with Crippen molar-refractivity contribution in [2.24, 2.45) is 0 Å². The molecule has 0 amide bonds. The average molecular weight is 386 g/mol. The van der Waals surface area contributed by atoms with Crippen LogP contribution in [0.3, 0.4) is 0 Å². The minimum absolute atomic E-state index is 0.0398. The van der Waals surface area contributed by atoms with Gasteiger partial charge in [-0.3, -0.25) is 4.79 Å². The summed E-state index contributed by atoms with van der Waals surface area (Å²) in [6.45, 7) is 0. The zero-order chi connectivity index (χ0) is 19.6. The van der Waals surface area contributed by atoms with Gasteiger partial charge in [0.15, 0.2) is 17.6 Å². The molecule has 3 atom stereocenters. The Morgan fingerprint density at radius 1 is 1.07 bits per heavy atom. The minimum atomic E-state index is -0.526. The Labute approximate surface area is 159 Å². The number of methoxy groups -OCH3 is 3. The average Bonchev–Trinajstić information content (AvgIpc) is 3.24. The van der Waals surface area contributed by atoms with Crippen molar-refractivity contribution in [2.75, 3.05) is 21.3 Å². The highest BCUT2D eigenvalue weighted by Crippen LogP contribution is 2.51. The molecule has 3 unspecified atom stereocenters. The number of hydrogen-bond acceptors (Lipinski definition) is 8. The van der Waals surface area contributed by atoms with Gasteiger partial charge in [0, 0.05) is 25.2 Å². The van der Waals surface area contributed by atoms with Crippen molar-refractivity contribution in [3.8, 4) is 23.0 Å². The third kappa shape index (κ3) is 2.15. The van der Waals surface area contributed by atoms with Crippen LogP contribution in [-0.4, -0.2) is 39.0 Å². The molecule has 5 rings (SSSR count). The number of phenols is 1. The lowest BCUT2D eigenvalue weighted by Gasteiger charge is -2.14. The molecule has 2 aliphatic heterocycles. The van der Waals surface area contributed by atoms with Gasteiger partial charge in [0.2, 0.25) is 11.7 Å². The summed E-state index contributed by atoms with van der Waals surface area (Å²) in [6, 6.07) is 4.60. The van der Waals surface area contributed by atoms with Crippen molar-refractivity contribution in [3.63, 3.8) is 0 Å². The molecule has 0 aliphatic carbocycles. The topological polar surface area (TPSA) is 96.6 Å². The molecule has 1 N–H and O–H groups in total. The normalized spacial score (nSPS) is 22.9. The molecule has 0 radical (unpaired) electrons. The molecule has 2 aromatic carbocycles. The van der Waals surface area contributed by atoms with Gasteiger partial charge in [-0.05, 0) is 12.1 Å². The number of hydrogen-bond donors (Lipinski definition) is 1. The number of rotatable bonds is 3. The second-order valence-corrected chi connectivity index (χ2v) is 6.75. The smallest absolute Gasteiger partial charge is 0.209 e. The van der Waals surface area contributed by atoms with E-state index < -0.39 is 18.0 Å². The second kappa shape index (κ2) is 6.02. The third-order valence-corrected chi connectivity index (χ3v) is 5.38. The molecule has 1 saturated heterocycles. The van der Waals surface area contributed by atoms with Crippen molar-refractivity contribution in [3.05, 3.63) is 34.0 Å². The van der Waals surface area contributed by atoms with E-state index in [9.17, 15) is 9.90 Å².